The van der Waals surface area contributed by atoms with Crippen molar-refractivity contribution in [3.63, 3.8) is 0 Å². The second-order valence-corrected chi connectivity index (χ2v) is 4.80. The van der Waals surface area contributed by atoms with E-state index >= 15 is 0 Å². The van der Waals surface area contributed by atoms with Gasteiger partial charge in [-0.05, 0) is 37.6 Å². The zero-order valence-electron chi connectivity index (χ0n) is 10.9. The number of nitrogens with zero attached hydrogens (tertiary/aromatic N) is 1. The molecule has 0 aliphatic heterocycles. The lowest BCUT2D eigenvalue weighted by atomic mass is 10.1. The Morgan fingerprint density at radius 3 is 2.58 bits per heavy atom. The van der Waals surface area contributed by atoms with Crippen molar-refractivity contribution in [1.82, 2.24) is 9.97 Å². The van der Waals surface area contributed by atoms with E-state index in [4.69, 9.17) is 0 Å². The van der Waals surface area contributed by atoms with Gasteiger partial charge in [0.15, 0.2) is 0 Å². The first-order valence-corrected chi connectivity index (χ1v) is 6.21. The second kappa shape index (κ2) is 4.35. The van der Waals surface area contributed by atoms with Crippen LogP contribution in [-0.2, 0) is 0 Å². The Bertz CT molecular complexity index is 818. The molecule has 3 rings (SSSR count). The van der Waals surface area contributed by atoms with E-state index < -0.39 is 0 Å². The molecule has 0 aliphatic carbocycles. The van der Waals surface area contributed by atoms with Gasteiger partial charge in [-0.1, -0.05) is 29.8 Å². The highest BCUT2D eigenvalue weighted by molar-refractivity contribution is 5.80. The van der Waals surface area contributed by atoms with Crippen LogP contribution < -0.4 is 5.56 Å². The molecule has 1 N–H and O–H groups in total. The summed E-state index contributed by atoms with van der Waals surface area (Å²) in [6.07, 6.45) is 0. The van der Waals surface area contributed by atoms with E-state index in [-0.39, 0.29) is 5.56 Å². The van der Waals surface area contributed by atoms with E-state index in [1.54, 1.807) is 0 Å². The fourth-order valence-electron chi connectivity index (χ4n) is 2.18. The van der Waals surface area contributed by atoms with Crippen molar-refractivity contribution in [2.45, 2.75) is 13.8 Å². The van der Waals surface area contributed by atoms with Crippen LogP contribution in [0.1, 0.15) is 11.1 Å². The van der Waals surface area contributed by atoms with Crippen LogP contribution in [0.4, 0.5) is 0 Å². The summed E-state index contributed by atoms with van der Waals surface area (Å²) >= 11 is 0. The highest BCUT2D eigenvalue weighted by atomic mass is 16.1. The number of nitrogens with one attached hydrogen (secondary N) is 1. The molecule has 1 aromatic heterocycles. The molecule has 0 radical (unpaired) electrons. The van der Waals surface area contributed by atoms with Gasteiger partial charge in [0, 0.05) is 5.56 Å². The van der Waals surface area contributed by atoms with Gasteiger partial charge in [-0.15, -0.1) is 0 Å². The number of hydrogen-bond donors (Lipinski definition) is 1. The number of benzene rings is 2. The predicted octanol–water partition coefficient (Wildman–Crippen LogP) is 3.21. The van der Waals surface area contributed by atoms with E-state index in [0.29, 0.717) is 11.2 Å². The minimum Gasteiger partial charge on any atom is -0.306 e. The second-order valence-electron chi connectivity index (χ2n) is 4.80. The Hall–Kier alpha value is -2.42. The molecule has 19 heavy (non-hydrogen) atoms. The first-order chi connectivity index (χ1) is 9.13. The molecule has 3 nitrogen and oxygen atoms in total. The molecule has 3 heteroatoms. The van der Waals surface area contributed by atoms with Gasteiger partial charge in [-0.3, -0.25) is 4.79 Å². The van der Waals surface area contributed by atoms with Crippen molar-refractivity contribution in [3.8, 4) is 11.4 Å². The zero-order valence-corrected chi connectivity index (χ0v) is 10.9. The molecule has 0 aliphatic rings. The molecule has 3 aromatic rings. The Kier molecular flexibility index (Phi) is 2.67. The van der Waals surface area contributed by atoms with Gasteiger partial charge in [-0.25, -0.2) is 4.98 Å². The molecule has 0 saturated heterocycles. The fraction of sp³-hybridized carbons (Fsp3) is 0.125. The van der Waals surface area contributed by atoms with Gasteiger partial charge in [0.2, 0.25) is 0 Å². The van der Waals surface area contributed by atoms with Gasteiger partial charge in [-0.2, -0.15) is 0 Å². The largest absolute Gasteiger partial charge is 0.306 e. The molecule has 0 atom stereocenters. The lowest BCUT2D eigenvalue weighted by Crippen LogP contribution is -2.09. The molecule has 0 bridgehead atoms. The van der Waals surface area contributed by atoms with Crippen molar-refractivity contribution in [2.24, 2.45) is 0 Å². The minimum atomic E-state index is -0.0958. The number of aromatic amines is 1. The van der Waals surface area contributed by atoms with Crippen LogP contribution in [-0.4, -0.2) is 9.97 Å². The molecular weight excluding hydrogens is 236 g/mol. The van der Waals surface area contributed by atoms with E-state index in [0.717, 1.165) is 22.2 Å². The minimum absolute atomic E-state index is 0.0958. The molecule has 1 heterocycles. The van der Waals surface area contributed by atoms with Crippen LogP contribution in [0.2, 0.25) is 0 Å². The Morgan fingerprint density at radius 1 is 1.00 bits per heavy atom. The first-order valence-electron chi connectivity index (χ1n) is 6.21. The summed E-state index contributed by atoms with van der Waals surface area (Å²) < 4.78 is 0. The average molecular weight is 250 g/mol. The topological polar surface area (TPSA) is 45.8 Å². The van der Waals surface area contributed by atoms with E-state index in [2.05, 4.69) is 9.97 Å². The zero-order chi connectivity index (χ0) is 13.4. The normalized spacial score (nSPS) is 10.8. The first kappa shape index (κ1) is 11.7. The molecule has 0 amide bonds. The van der Waals surface area contributed by atoms with Crippen LogP contribution in [0.3, 0.4) is 0 Å². The average Bonchev–Trinajstić information content (AvgIpc) is 2.38. The third-order valence-electron chi connectivity index (χ3n) is 3.15. The lowest BCUT2D eigenvalue weighted by molar-refractivity contribution is 1.17. The highest BCUT2D eigenvalue weighted by Crippen LogP contribution is 2.18. The Labute approximate surface area is 111 Å². The predicted molar refractivity (Wildman–Crippen MR) is 77.3 cm³/mol. The fourth-order valence-corrected chi connectivity index (χ4v) is 2.18. The third kappa shape index (κ3) is 2.15. The van der Waals surface area contributed by atoms with Crippen molar-refractivity contribution in [2.75, 3.05) is 0 Å². The lowest BCUT2D eigenvalue weighted by Gasteiger charge is -2.04. The maximum Gasteiger partial charge on any atom is 0.259 e. The summed E-state index contributed by atoms with van der Waals surface area (Å²) in [4.78, 5) is 19.5. The Balaban J connectivity index is 2.28. The number of aryl methyl sites for hydroxylation is 2. The summed E-state index contributed by atoms with van der Waals surface area (Å²) in [5, 5.41) is 0.627. The SMILES string of the molecule is Cc1cccc(-c2nc3cc(C)ccc3c(=O)[nH]2)c1. The summed E-state index contributed by atoms with van der Waals surface area (Å²) in [6, 6.07) is 13.6. The van der Waals surface area contributed by atoms with Gasteiger partial charge >= 0.3 is 0 Å². The Morgan fingerprint density at radius 2 is 1.79 bits per heavy atom. The summed E-state index contributed by atoms with van der Waals surface area (Å²) in [5.74, 6) is 0.617. The van der Waals surface area contributed by atoms with Crippen LogP contribution >= 0.6 is 0 Å². The van der Waals surface area contributed by atoms with E-state index in [9.17, 15) is 4.79 Å². The molecule has 0 saturated carbocycles. The molecule has 0 unspecified atom stereocenters. The summed E-state index contributed by atoms with van der Waals surface area (Å²) in [6.45, 7) is 4.02. The van der Waals surface area contributed by atoms with Crippen LogP contribution in [0.15, 0.2) is 47.3 Å². The maximum absolute atomic E-state index is 12.1. The third-order valence-corrected chi connectivity index (χ3v) is 3.15. The summed E-state index contributed by atoms with van der Waals surface area (Å²) in [5.41, 5.74) is 3.81. The molecule has 94 valence electrons. The number of fused-ring (bicyclic) bond motifs is 1. The van der Waals surface area contributed by atoms with E-state index in [1.807, 2.05) is 56.3 Å². The quantitative estimate of drug-likeness (QED) is 0.720. The van der Waals surface area contributed by atoms with Crippen molar-refractivity contribution >= 4 is 10.9 Å². The number of aromatic nitrogens is 2. The van der Waals surface area contributed by atoms with Gasteiger partial charge in [0.05, 0.1) is 10.9 Å². The number of rotatable bonds is 1. The molecule has 2 aromatic carbocycles. The van der Waals surface area contributed by atoms with Gasteiger partial charge in [0.1, 0.15) is 5.82 Å². The maximum atomic E-state index is 12.1. The molecule has 0 spiro atoms. The molecular formula is C16H14N2O. The monoisotopic (exact) mass is 250 g/mol. The smallest absolute Gasteiger partial charge is 0.259 e. The summed E-state index contributed by atoms with van der Waals surface area (Å²) in [7, 11) is 0. The van der Waals surface area contributed by atoms with Gasteiger partial charge < -0.3 is 4.98 Å². The molecule has 0 fully saturated rings. The number of H-pyrrole nitrogens is 1. The van der Waals surface area contributed by atoms with Crippen LogP contribution in [0, 0.1) is 13.8 Å². The number of hydrogen-bond acceptors (Lipinski definition) is 2. The van der Waals surface area contributed by atoms with Crippen LogP contribution in [0.5, 0.6) is 0 Å². The van der Waals surface area contributed by atoms with Gasteiger partial charge in [0.25, 0.3) is 5.56 Å². The van der Waals surface area contributed by atoms with Crippen LogP contribution in [0.25, 0.3) is 22.3 Å². The van der Waals surface area contributed by atoms with Crippen molar-refractivity contribution in [3.05, 3.63) is 63.9 Å². The van der Waals surface area contributed by atoms with Crippen molar-refractivity contribution in [1.29, 1.82) is 0 Å². The van der Waals surface area contributed by atoms with Crippen molar-refractivity contribution < 1.29 is 0 Å². The standard InChI is InChI=1S/C16H14N2O/c1-10-4-3-5-12(8-10)15-17-14-9-11(2)6-7-13(14)16(19)18-15/h3-9H,1-2H3,(H,17,18,19). The van der Waals surface area contributed by atoms with E-state index in [1.165, 1.54) is 0 Å². The highest BCUT2D eigenvalue weighted by Gasteiger charge is 2.06.